The minimum atomic E-state index is -0.331. The molecule has 0 bridgehead atoms. The van der Waals surface area contributed by atoms with Crippen molar-refractivity contribution in [3.05, 3.63) is 6.42 Å². The molecule has 3 fully saturated rings. The molecule has 0 aliphatic carbocycles. The molecule has 197 valence electrons. The topological polar surface area (TPSA) is 46.2 Å². The molecule has 0 aromatic heterocycles. The Balaban J connectivity index is 0.00000408. The number of hydrogen-bond acceptors (Lipinski definition) is 5. The Kier molecular flexibility index (Phi) is 12.5. The molecule has 0 aromatic carbocycles. The summed E-state index contributed by atoms with van der Waals surface area (Å²) < 4.78 is 32.5. The zero-order valence-electron chi connectivity index (χ0n) is 23.4. The fourth-order valence-electron chi connectivity index (χ4n) is 6.11. The van der Waals surface area contributed by atoms with E-state index >= 15 is 0 Å². The predicted molar refractivity (Wildman–Crippen MR) is 132 cm³/mol. The van der Waals surface area contributed by atoms with Gasteiger partial charge in [0.1, 0.15) is 0 Å². The molecule has 3 saturated heterocycles. The second-order valence-corrected chi connectivity index (χ2v) is 11.2. The summed E-state index contributed by atoms with van der Waals surface area (Å²) in [6.45, 7) is 22.4. The molecule has 5 nitrogen and oxygen atoms in total. The Morgan fingerprint density at radius 3 is 1.76 bits per heavy atom. The Morgan fingerprint density at radius 2 is 1.18 bits per heavy atom. The predicted octanol–water partition coefficient (Wildman–Crippen LogP) is 6.24. The Hall–Kier alpha value is 0.904. The fourth-order valence-corrected chi connectivity index (χ4v) is 6.11. The molecule has 7 unspecified atom stereocenters. The van der Waals surface area contributed by atoms with Crippen molar-refractivity contribution in [3.8, 4) is 0 Å². The normalized spacial score (nSPS) is 49.9. The molecule has 3 aliphatic rings. The van der Waals surface area contributed by atoms with Gasteiger partial charge in [-0.15, -0.1) is 5.92 Å². The van der Waals surface area contributed by atoms with E-state index in [1.807, 2.05) is 0 Å². The van der Waals surface area contributed by atoms with Crippen LogP contribution in [0, 0.1) is 41.9 Å². The molecule has 3 rings (SSSR count). The smallest absolute Gasteiger partial charge is 0.161 e. The molecular weight excluding hydrogens is 505 g/mol. The summed E-state index contributed by atoms with van der Waals surface area (Å²) in [7, 11) is 0. The summed E-state index contributed by atoms with van der Waals surface area (Å²) in [5.41, 5.74) is 0. The van der Waals surface area contributed by atoms with E-state index in [9.17, 15) is 0 Å². The van der Waals surface area contributed by atoms with Crippen LogP contribution in [0.5, 0.6) is 0 Å². The van der Waals surface area contributed by atoms with Crippen molar-refractivity contribution in [1.29, 1.82) is 0 Å². The quantitative estimate of drug-likeness (QED) is 0.348. The third-order valence-corrected chi connectivity index (χ3v) is 9.27. The van der Waals surface area contributed by atoms with E-state index in [4.69, 9.17) is 23.7 Å². The second kappa shape index (κ2) is 13.6. The average Bonchev–Trinajstić information content (AvgIpc) is 2.80. The molecule has 3 heterocycles. The van der Waals surface area contributed by atoms with Crippen LogP contribution in [0.1, 0.15) is 88.5 Å². The van der Waals surface area contributed by atoms with Gasteiger partial charge in [0.25, 0.3) is 0 Å². The van der Waals surface area contributed by atoms with Gasteiger partial charge in [-0.25, -0.2) is 0 Å². The first kappa shape index (κ1) is 31.1. The van der Waals surface area contributed by atoms with Gasteiger partial charge in [0.05, 0.1) is 36.6 Å². The SMILES string of the molecule is CCC1OC(O[C@H]2C(CC)OC(O[C@H]3C(CC)O[C@@H](C)C(C)[C@H]3C)[CH-][C@H]2C)C(C)[C@@H](C)[C@H]1C.[Y]. The molecule has 0 amide bonds. The summed E-state index contributed by atoms with van der Waals surface area (Å²) in [5, 5.41) is 0. The number of rotatable bonds is 7. The van der Waals surface area contributed by atoms with Crippen molar-refractivity contribution < 1.29 is 56.4 Å². The third kappa shape index (κ3) is 6.66. The largest absolute Gasteiger partial charge is 0.378 e. The molecule has 34 heavy (non-hydrogen) atoms. The standard InChI is InChI=1S/C28H51O5.Y/c1-11-22-18(7)16(5)20(9)28(31-22)33-26-15(4)14-25(30-23(26)12-2)32-27-19(8)17(6)21(10)29-24(27)13-3;/h14-28H,11-13H2,1-10H3;/q-1;/t15-,16+,17?,18-,19-,20?,21+,22?,23?,24?,25?,26-,27-,28?;/m1./s1. The summed E-state index contributed by atoms with van der Waals surface area (Å²) in [6, 6.07) is 0. The van der Waals surface area contributed by atoms with Crippen LogP contribution in [0.25, 0.3) is 0 Å². The van der Waals surface area contributed by atoms with Crippen molar-refractivity contribution in [2.75, 3.05) is 0 Å². The Bertz CT molecular complexity index is 601. The van der Waals surface area contributed by atoms with Crippen molar-refractivity contribution in [3.63, 3.8) is 0 Å². The monoisotopic (exact) mass is 556 g/mol. The van der Waals surface area contributed by atoms with Crippen LogP contribution in [0.4, 0.5) is 0 Å². The average molecular weight is 557 g/mol. The number of ether oxygens (including phenoxy) is 5. The summed E-state index contributed by atoms with van der Waals surface area (Å²) in [6.07, 6.45) is 5.15. The van der Waals surface area contributed by atoms with Gasteiger partial charge in [0, 0.05) is 44.9 Å². The van der Waals surface area contributed by atoms with Gasteiger partial charge in [-0.3, -0.25) is 6.42 Å². The van der Waals surface area contributed by atoms with Gasteiger partial charge >= 0.3 is 0 Å². The van der Waals surface area contributed by atoms with Crippen LogP contribution >= 0.6 is 0 Å². The van der Waals surface area contributed by atoms with E-state index in [2.05, 4.69) is 75.7 Å². The molecular formula is C28H51O5Y-. The molecule has 1 radical (unpaired) electrons. The van der Waals surface area contributed by atoms with E-state index in [0.717, 1.165) is 19.3 Å². The molecule has 0 aromatic rings. The van der Waals surface area contributed by atoms with Gasteiger partial charge in [-0.1, -0.05) is 62.3 Å². The Morgan fingerprint density at radius 1 is 0.588 bits per heavy atom. The van der Waals surface area contributed by atoms with Crippen LogP contribution in [0.15, 0.2) is 0 Å². The molecule has 3 aliphatic heterocycles. The van der Waals surface area contributed by atoms with E-state index in [1.165, 1.54) is 0 Å². The Labute approximate surface area is 235 Å². The maximum Gasteiger partial charge on any atom is 0.161 e. The van der Waals surface area contributed by atoms with Crippen molar-refractivity contribution in [2.24, 2.45) is 35.5 Å². The van der Waals surface area contributed by atoms with E-state index in [-0.39, 0.29) is 87.8 Å². The fraction of sp³-hybridized carbons (Fsp3) is 0.964. The van der Waals surface area contributed by atoms with E-state index in [0.29, 0.717) is 29.6 Å². The first-order valence-corrected chi connectivity index (χ1v) is 13.7. The van der Waals surface area contributed by atoms with Crippen LogP contribution in [0.3, 0.4) is 0 Å². The van der Waals surface area contributed by atoms with Gasteiger partial charge in [-0.2, -0.15) is 0 Å². The zero-order valence-corrected chi connectivity index (χ0v) is 26.2. The van der Waals surface area contributed by atoms with Crippen LogP contribution in [-0.4, -0.2) is 49.2 Å². The first-order chi connectivity index (χ1) is 15.6. The third-order valence-electron chi connectivity index (χ3n) is 9.27. The molecule has 0 saturated carbocycles. The van der Waals surface area contributed by atoms with Crippen LogP contribution < -0.4 is 0 Å². The molecule has 6 heteroatoms. The van der Waals surface area contributed by atoms with Gasteiger partial charge < -0.3 is 23.7 Å². The van der Waals surface area contributed by atoms with Crippen molar-refractivity contribution in [2.45, 2.75) is 138 Å². The van der Waals surface area contributed by atoms with Gasteiger partial charge in [0.2, 0.25) is 0 Å². The maximum absolute atomic E-state index is 6.69. The minimum Gasteiger partial charge on any atom is -0.378 e. The van der Waals surface area contributed by atoms with Crippen LogP contribution in [-0.2, 0) is 56.4 Å². The van der Waals surface area contributed by atoms with E-state index in [1.54, 1.807) is 0 Å². The van der Waals surface area contributed by atoms with Crippen LogP contribution in [0.2, 0.25) is 0 Å². The molecule has 0 N–H and O–H groups in total. The molecule has 14 atom stereocenters. The summed E-state index contributed by atoms with van der Waals surface area (Å²) in [5.74, 6) is 2.57. The zero-order chi connectivity index (χ0) is 24.4. The first-order valence-electron chi connectivity index (χ1n) is 13.7. The van der Waals surface area contributed by atoms with Gasteiger partial charge in [-0.05, 0) is 49.9 Å². The van der Waals surface area contributed by atoms with E-state index < -0.39 is 0 Å². The maximum atomic E-state index is 6.69. The summed E-state index contributed by atoms with van der Waals surface area (Å²) in [4.78, 5) is 0. The minimum absolute atomic E-state index is 0. The summed E-state index contributed by atoms with van der Waals surface area (Å²) >= 11 is 0. The molecule has 0 spiro atoms. The van der Waals surface area contributed by atoms with Crippen molar-refractivity contribution >= 4 is 0 Å². The number of hydrogen-bond donors (Lipinski definition) is 0. The van der Waals surface area contributed by atoms with Gasteiger partial charge in [0.15, 0.2) is 6.29 Å². The van der Waals surface area contributed by atoms with Crippen molar-refractivity contribution in [1.82, 2.24) is 0 Å². The second-order valence-electron chi connectivity index (χ2n) is 11.2.